The molecule has 0 saturated heterocycles. The molecule has 3 nitrogen and oxygen atoms in total. The number of aromatic nitrogens is 2. The lowest BCUT2D eigenvalue weighted by Gasteiger charge is -2.05. The molecule has 3 rings (SSSR count). The number of pyridine rings is 1. The molecule has 2 heterocycles. The Morgan fingerprint density at radius 3 is 2.94 bits per heavy atom. The highest BCUT2D eigenvalue weighted by atomic mass is 32.1. The standard InChI is InChI=1S/C14H13N3S/c1-9-13(18-14(15)17-9)7-11-4-2-3-10-5-6-16-8-12(10)11/h2-6,8H,7H2,1H3,(H2,15,17). The molecule has 2 aromatic heterocycles. The predicted molar refractivity (Wildman–Crippen MR) is 75.8 cm³/mol. The summed E-state index contributed by atoms with van der Waals surface area (Å²) in [4.78, 5) is 9.70. The summed E-state index contributed by atoms with van der Waals surface area (Å²) in [5.41, 5.74) is 8.04. The van der Waals surface area contributed by atoms with Gasteiger partial charge >= 0.3 is 0 Å². The average Bonchev–Trinajstić information content (AvgIpc) is 2.68. The van der Waals surface area contributed by atoms with Crippen molar-refractivity contribution in [1.82, 2.24) is 9.97 Å². The third kappa shape index (κ3) is 1.95. The number of anilines is 1. The number of thiazole rings is 1. The third-order valence-corrected chi connectivity index (χ3v) is 4.02. The number of benzene rings is 1. The van der Waals surface area contributed by atoms with Gasteiger partial charge < -0.3 is 5.73 Å². The molecule has 0 unspecified atom stereocenters. The average molecular weight is 255 g/mol. The Balaban J connectivity index is 2.07. The fraction of sp³-hybridized carbons (Fsp3) is 0.143. The van der Waals surface area contributed by atoms with E-state index >= 15 is 0 Å². The number of nitrogens with two attached hydrogens (primary N) is 1. The minimum absolute atomic E-state index is 0.640. The predicted octanol–water partition coefficient (Wildman–Crippen LogP) is 3.17. The van der Waals surface area contributed by atoms with Gasteiger partial charge in [0.25, 0.3) is 0 Å². The van der Waals surface area contributed by atoms with Gasteiger partial charge in [0, 0.05) is 29.1 Å². The van der Waals surface area contributed by atoms with E-state index in [9.17, 15) is 0 Å². The number of hydrogen-bond donors (Lipinski definition) is 1. The Bertz CT molecular complexity index is 698. The van der Waals surface area contributed by atoms with Gasteiger partial charge in [-0.2, -0.15) is 0 Å². The number of nitrogens with zero attached hydrogens (tertiary/aromatic N) is 2. The van der Waals surface area contributed by atoms with Crippen LogP contribution in [0.25, 0.3) is 10.8 Å². The van der Waals surface area contributed by atoms with Crippen LogP contribution in [0, 0.1) is 6.92 Å². The number of hydrogen-bond acceptors (Lipinski definition) is 4. The summed E-state index contributed by atoms with van der Waals surface area (Å²) in [6.07, 6.45) is 4.61. The van der Waals surface area contributed by atoms with Crippen molar-refractivity contribution in [2.75, 3.05) is 5.73 Å². The van der Waals surface area contributed by atoms with E-state index in [2.05, 4.69) is 28.2 Å². The molecule has 90 valence electrons. The molecule has 3 aromatic rings. The second-order valence-corrected chi connectivity index (χ2v) is 5.37. The topological polar surface area (TPSA) is 51.8 Å². The summed E-state index contributed by atoms with van der Waals surface area (Å²) in [7, 11) is 0. The van der Waals surface area contributed by atoms with Gasteiger partial charge in [0.15, 0.2) is 5.13 Å². The fourth-order valence-electron chi connectivity index (χ4n) is 2.12. The van der Waals surface area contributed by atoms with Crippen molar-refractivity contribution in [3.05, 3.63) is 52.8 Å². The van der Waals surface area contributed by atoms with Crippen molar-refractivity contribution in [3.63, 3.8) is 0 Å². The van der Waals surface area contributed by atoms with Crippen LogP contribution in [0.2, 0.25) is 0 Å². The van der Waals surface area contributed by atoms with Gasteiger partial charge in [-0.25, -0.2) is 4.98 Å². The molecule has 0 fully saturated rings. The normalized spacial score (nSPS) is 10.9. The molecule has 0 aliphatic heterocycles. The Hall–Kier alpha value is -1.94. The van der Waals surface area contributed by atoms with Gasteiger partial charge in [0.05, 0.1) is 5.69 Å². The van der Waals surface area contributed by atoms with E-state index in [-0.39, 0.29) is 0 Å². The lowest BCUT2D eigenvalue weighted by Crippen LogP contribution is -1.90. The smallest absolute Gasteiger partial charge is 0.180 e. The SMILES string of the molecule is Cc1nc(N)sc1Cc1cccc2ccncc12. The van der Waals surface area contributed by atoms with E-state index in [4.69, 9.17) is 5.73 Å². The lowest BCUT2D eigenvalue weighted by atomic mass is 10.0. The van der Waals surface area contributed by atoms with Gasteiger partial charge in [-0.05, 0) is 23.9 Å². The molecule has 1 aromatic carbocycles. The van der Waals surface area contributed by atoms with Crippen LogP contribution in [0.15, 0.2) is 36.7 Å². The quantitative estimate of drug-likeness (QED) is 0.765. The van der Waals surface area contributed by atoms with E-state index in [0.29, 0.717) is 5.13 Å². The van der Waals surface area contributed by atoms with Crippen LogP contribution in [-0.4, -0.2) is 9.97 Å². The summed E-state index contributed by atoms with van der Waals surface area (Å²) >= 11 is 1.56. The zero-order valence-corrected chi connectivity index (χ0v) is 10.9. The van der Waals surface area contributed by atoms with Crippen LogP contribution in [0.4, 0.5) is 5.13 Å². The lowest BCUT2D eigenvalue weighted by molar-refractivity contribution is 1.16. The maximum absolute atomic E-state index is 5.74. The van der Waals surface area contributed by atoms with E-state index in [1.165, 1.54) is 21.2 Å². The minimum atomic E-state index is 0.640. The van der Waals surface area contributed by atoms with Crippen molar-refractivity contribution < 1.29 is 0 Å². The second kappa shape index (κ2) is 4.38. The maximum atomic E-state index is 5.74. The Morgan fingerprint density at radius 1 is 1.28 bits per heavy atom. The molecule has 0 aliphatic rings. The van der Waals surface area contributed by atoms with Gasteiger partial charge in [-0.1, -0.05) is 18.2 Å². The van der Waals surface area contributed by atoms with Crippen LogP contribution >= 0.6 is 11.3 Å². The zero-order valence-electron chi connectivity index (χ0n) is 10.1. The van der Waals surface area contributed by atoms with Crippen LogP contribution in [0.3, 0.4) is 0 Å². The molecule has 4 heteroatoms. The van der Waals surface area contributed by atoms with Crippen molar-refractivity contribution in [2.45, 2.75) is 13.3 Å². The van der Waals surface area contributed by atoms with E-state index in [1.54, 1.807) is 11.3 Å². The molecular formula is C14H13N3S. The molecule has 18 heavy (non-hydrogen) atoms. The van der Waals surface area contributed by atoms with Gasteiger partial charge in [0.1, 0.15) is 0 Å². The molecule has 0 bridgehead atoms. The molecule has 0 saturated carbocycles. The number of aryl methyl sites for hydroxylation is 1. The maximum Gasteiger partial charge on any atom is 0.180 e. The molecule has 0 radical (unpaired) electrons. The van der Waals surface area contributed by atoms with E-state index in [0.717, 1.165) is 12.1 Å². The summed E-state index contributed by atoms with van der Waals surface area (Å²) in [6, 6.07) is 8.36. The summed E-state index contributed by atoms with van der Waals surface area (Å²) in [6.45, 7) is 2.01. The zero-order chi connectivity index (χ0) is 12.5. The summed E-state index contributed by atoms with van der Waals surface area (Å²) < 4.78 is 0. The molecular weight excluding hydrogens is 242 g/mol. The van der Waals surface area contributed by atoms with Gasteiger partial charge in [-0.15, -0.1) is 11.3 Å². The van der Waals surface area contributed by atoms with Crippen LogP contribution in [0.5, 0.6) is 0 Å². The van der Waals surface area contributed by atoms with Gasteiger partial charge in [-0.3, -0.25) is 4.98 Å². The molecule has 0 spiro atoms. The molecule has 2 N–H and O–H groups in total. The molecule has 0 aliphatic carbocycles. The van der Waals surface area contributed by atoms with Crippen molar-refractivity contribution in [2.24, 2.45) is 0 Å². The van der Waals surface area contributed by atoms with Crippen LogP contribution in [0.1, 0.15) is 16.1 Å². The highest BCUT2D eigenvalue weighted by Crippen LogP contribution is 2.26. The van der Waals surface area contributed by atoms with Crippen LogP contribution in [-0.2, 0) is 6.42 Å². The Labute approximate surface area is 109 Å². The highest BCUT2D eigenvalue weighted by Gasteiger charge is 2.08. The minimum Gasteiger partial charge on any atom is -0.375 e. The first-order valence-electron chi connectivity index (χ1n) is 5.77. The van der Waals surface area contributed by atoms with Crippen molar-refractivity contribution in [1.29, 1.82) is 0 Å². The largest absolute Gasteiger partial charge is 0.375 e. The summed E-state index contributed by atoms with van der Waals surface area (Å²) in [5, 5.41) is 3.06. The summed E-state index contributed by atoms with van der Waals surface area (Å²) in [5.74, 6) is 0. The third-order valence-electron chi connectivity index (χ3n) is 3.03. The molecule has 0 amide bonds. The first kappa shape index (κ1) is 11.2. The van der Waals surface area contributed by atoms with Crippen molar-refractivity contribution >= 4 is 27.2 Å². The highest BCUT2D eigenvalue weighted by molar-refractivity contribution is 7.15. The first-order valence-corrected chi connectivity index (χ1v) is 6.59. The first-order chi connectivity index (χ1) is 8.74. The fourth-order valence-corrected chi connectivity index (χ4v) is 2.97. The second-order valence-electron chi connectivity index (χ2n) is 4.25. The Kier molecular flexibility index (Phi) is 2.72. The van der Waals surface area contributed by atoms with Crippen LogP contribution < -0.4 is 5.73 Å². The Morgan fingerprint density at radius 2 is 2.17 bits per heavy atom. The van der Waals surface area contributed by atoms with E-state index < -0.39 is 0 Å². The van der Waals surface area contributed by atoms with Gasteiger partial charge in [0.2, 0.25) is 0 Å². The van der Waals surface area contributed by atoms with Crippen molar-refractivity contribution in [3.8, 4) is 0 Å². The van der Waals surface area contributed by atoms with E-state index in [1.807, 2.05) is 25.4 Å². The number of rotatable bonds is 2. The number of nitrogen functional groups attached to an aromatic ring is 1. The number of fused-ring (bicyclic) bond motifs is 1. The molecule has 0 atom stereocenters. The monoisotopic (exact) mass is 255 g/mol.